The molecule has 4 rings (SSSR count). The van der Waals surface area contributed by atoms with Crippen LogP contribution in [0.2, 0.25) is 0 Å². The summed E-state index contributed by atoms with van der Waals surface area (Å²) in [4.78, 5) is 0. The molecule has 25 heavy (non-hydrogen) atoms. The zero-order valence-electron chi connectivity index (χ0n) is 13.4. The third-order valence-corrected chi connectivity index (χ3v) is 5.88. The van der Waals surface area contributed by atoms with E-state index in [1.807, 2.05) is 54.6 Å². The fourth-order valence-electron chi connectivity index (χ4n) is 3.17. The lowest BCUT2D eigenvalue weighted by molar-refractivity contribution is 0.481. The Bertz CT molecular complexity index is 1110. The van der Waals surface area contributed by atoms with E-state index >= 15 is 0 Å². The van der Waals surface area contributed by atoms with Gasteiger partial charge in [-0.05, 0) is 28.2 Å². The van der Waals surface area contributed by atoms with Crippen LogP contribution in [0.4, 0.5) is 0 Å². The molecular formula is C21H16O3S. The van der Waals surface area contributed by atoms with Crippen molar-refractivity contribution in [3.05, 3.63) is 96.1 Å². The first-order chi connectivity index (χ1) is 12.1. The first kappa shape index (κ1) is 15.7. The lowest BCUT2D eigenvalue weighted by atomic mass is 9.94. The van der Waals surface area contributed by atoms with E-state index < -0.39 is 15.4 Å². The van der Waals surface area contributed by atoms with Crippen LogP contribution < -0.4 is 4.18 Å². The molecule has 1 aliphatic rings. The molecular weight excluding hydrogens is 332 g/mol. The zero-order chi connectivity index (χ0) is 17.4. The van der Waals surface area contributed by atoms with Crippen molar-refractivity contribution in [1.82, 2.24) is 0 Å². The molecule has 0 aromatic heterocycles. The summed E-state index contributed by atoms with van der Waals surface area (Å²) in [6.45, 7) is 3.92. The summed E-state index contributed by atoms with van der Waals surface area (Å²) in [5.41, 5.74) is 2.05. The van der Waals surface area contributed by atoms with Gasteiger partial charge in [-0.1, -0.05) is 79.4 Å². The van der Waals surface area contributed by atoms with Crippen LogP contribution in [0.25, 0.3) is 16.8 Å². The van der Waals surface area contributed by atoms with E-state index in [9.17, 15) is 8.42 Å². The summed E-state index contributed by atoms with van der Waals surface area (Å²) in [6, 6.07) is 20.3. The SMILES string of the molecule is C=C1C=Cc2ccccc2C1S(=O)(=O)Oc1cccc2ccccc12. The topological polar surface area (TPSA) is 43.4 Å². The van der Waals surface area contributed by atoms with Crippen LogP contribution in [0.5, 0.6) is 5.75 Å². The average molecular weight is 348 g/mol. The molecule has 1 unspecified atom stereocenters. The quantitative estimate of drug-likeness (QED) is 0.634. The standard InChI is InChI=1S/C21H16O3S/c1-15-13-14-17-8-3-5-11-19(17)21(15)25(22,23)24-20-12-6-9-16-7-2-4-10-18(16)20/h2-14,21H,1H2. The molecule has 0 N–H and O–H groups in total. The van der Waals surface area contributed by atoms with Crippen molar-refractivity contribution in [3.8, 4) is 5.75 Å². The van der Waals surface area contributed by atoms with E-state index in [-0.39, 0.29) is 0 Å². The van der Waals surface area contributed by atoms with E-state index in [1.165, 1.54) is 0 Å². The molecule has 0 fully saturated rings. The maximum Gasteiger partial charge on any atom is 0.320 e. The molecule has 0 aliphatic heterocycles. The number of rotatable bonds is 3. The van der Waals surface area contributed by atoms with Crippen LogP contribution in [0, 0.1) is 0 Å². The Labute approximate surface area is 147 Å². The van der Waals surface area contributed by atoms with E-state index in [4.69, 9.17) is 4.18 Å². The molecule has 4 heteroatoms. The smallest absolute Gasteiger partial charge is 0.320 e. The van der Waals surface area contributed by atoms with Gasteiger partial charge >= 0.3 is 10.1 Å². The highest BCUT2D eigenvalue weighted by Crippen LogP contribution is 2.39. The van der Waals surface area contributed by atoms with Crippen molar-refractivity contribution >= 4 is 27.0 Å². The van der Waals surface area contributed by atoms with E-state index in [0.29, 0.717) is 16.9 Å². The normalized spacial score (nSPS) is 16.6. The minimum atomic E-state index is -3.94. The van der Waals surface area contributed by atoms with E-state index in [0.717, 1.165) is 16.3 Å². The Morgan fingerprint density at radius 1 is 0.840 bits per heavy atom. The molecule has 0 radical (unpaired) electrons. The number of allylic oxidation sites excluding steroid dienone is 1. The van der Waals surface area contributed by atoms with Crippen LogP contribution in [-0.2, 0) is 10.1 Å². The van der Waals surface area contributed by atoms with Crippen LogP contribution in [0.15, 0.2) is 85.0 Å². The minimum absolute atomic E-state index is 0.331. The zero-order valence-corrected chi connectivity index (χ0v) is 14.2. The minimum Gasteiger partial charge on any atom is -0.381 e. The Hall–Kier alpha value is -2.85. The summed E-state index contributed by atoms with van der Waals surface area (Å²) < 4.78 is 31.7. The summed E-state index contributed by atoms with van der Waals surface area (Å²) in [5, 5.41) is 0.782. The molecule has 0 saturated heterocycles. The Morgan fingerprint density at radius 3 is 2.44 bits per heavy atom. The number of hydrogen-bond donors (Lipinski definition) is 0. The van der Waals surface area contributed by atoms with Crippen molar-refractivity contribution in [3.63, 3.8) is 0 Å². The van der Waals surface area contributed by atoms with Gasteiger partial charge in [0.15, 0.2) is 0 Å². The molecule has 1 aliphatic carbocycles. The van der Waals surface area contributed by atoms with Gasteiger partial charge < -0.3 is 4.18 Å². The number of fused-ring (bicyclic) bond motifs is 2. The molecule has 3 aromatic rings. The van der Waals surface area contributed by atoms with Gasteiger partial charge in [0, 0.05) is 5.39 Å². The molecule has 0 bridgehead atoms. The number of hydrogen-bond acceptors (Lipinski definition) is 3. The van der Waals surface area contributed by atoms with Crippen LogP contribution >= 0.6 is 0 Å². The fourth-order valence-corrected chi connectivity index (χ4v) is 4.63. The maximum atomic E-state index is 13.1. The van der Waals surface area contributed by atoms with Crippen molar-refractivity contribution < 1.29 is 12.6 Å². The third kappa shape index (κ3) is 2.75. The van der Waals surface area contributed by atoms with E-state index in [1.54, 1.807) is 24.3 Å². The Morgan fingerprint density at radius 2 is 1.56 bits per heavy atom. The average Bonchev–Trinajstić information content (AvgIpc) is 2.61. The molecule has 0 heterocycles. The molecule has 0 amide bonds. The van der Waals surface area contributed by atoms with Gasteiger partial charge in [0.05, 0.1) is 0 Å². The first-order valence-corrected chi connectivity index (χ1v) is 9.40. The Kier molecular flexibility index (Phi) is 3.70. The van der Waals surface area contributed by atoms with Crippen molar-refractivity contribution in [2.75, 3.05) is 0 Å². The third-order valence-electron chi connectivity index (χ3n) is 4.34. The molecule has 0 saturated carbocycles. The van der Waals surface area contributed by atoms with Crippen molar-refractivity contribution in [2.45, 2.75) is 5.25 Å². The lowest BCUT2D eigenvalue weighted by Gasteiger charge is -2.23. The van der Waals surface area contributed by atoms with Gasteiger partial charge in [0.2, 0.25) is 0 Å². The highest BCUT2D eigenvalue weighted by atomic mass is 32.2. The second-order valence-electron chi connectivity index (χ2n) is 5.97. The van der Waals surface area contributed by atoms with Gasteiger partial charge in [0.1, 0.15) is 11.0 Å². The highest BCUT2D eigenvalue weighted by molar-refractivity contribution is 7.87. The predicted molar refractivity (Wildman–Crippen MR) is 101 cm³/mol. The van der Waals surface area contributed by atoms with Gasteiger partial charge in [-0.25, -0.2) is 0 Å². The second-order valence-corrected chi connectivity index (χ2v) is 7.59. The monoisotopic (exact) mass is 348 g/mol. The van der Waals surface area contributed by atoms with Gasteiger partial charge in [-0.3, -0.25) is 0 Å². The fraction of sp³-hybridized carbons (Fsp3) is 0.0476. The van der Waals surface area contributed by atoms with Crippen molar-refractivity contribution in [2.24, 2.45) is 0 Å². The van der Waals surface area contributed by atoms with Crippen molar-refractivity contribution in [1.29, 1.82) is 0 Å². The predicted octanol–water partition coefficient (Wildman–Crippen LogP) is 4.87. The van der Waals surface area contributed by atoms with Gasteiger partial charge in [0.25, 0.3) is 0 Å². The summed E-state index contributed by atoms with van der Waals surface area (Å²) in [5.74, 6) is 0.331. The highest BCUT2D eigenvalue weighted by Gasteiger charge is 2.34. The molecule has 1 atom stereocenters. The lowest BCUT2D eigenvalue weighted by Crippen LogP contribution is -2.22. The second kappa shape index (κ2) is 5.90. The molecule has 3 aromatic carbocycles. The molecule has 3 nitrogen and oxygen atoms in total. The number of benzene rings is 3. The van der Waals surface area contributed by atoms with Crippen LogP contribution in [0.1, 0.15) is 16.4 Å². The summed E-state index contributed by atoms with van der Waals surface area (Å²) >= 11 is 0. The molecule has 124 valence electrons. The van der Waals surface area contributed by atoms with Crippen LogP contribution in [-0.4, -0.2) is 8.42 Å². The largest absolute Gasteiger partial charge is 0.381 e. The summed E-state index contributed by atoms with van der Waals surface area (Å²) in [7, 11) is -3.94. The maximum absolute atomic E-state index is 13.1. The summed E-state index contributed by atoms with van der Waals surface area (Å²) in [6.07, 6.45) is 3.61. The Balaban J connectivity index is 1.80. The van der Waals surface area contributed by atoms with Gasteiger partial charge in [-0.2, -0.15) is 8.42 Å². The van der Waals surface area contributed by atoms with E-state index in [2.05, 4.69) is 6.58 Å². The first-order valence-electron chi connectivity index (χ1n) is 7.93. The van der Waals surface area contributed by atoms with Gasteiger partial charge in [-0.15, -0.1) is 0 Å². The molecule has 0 spiro atoms. The van der Waals surface area contributed by atoms with Crippen LogP contribution in [0.3, 0.4) is 0 Å².